The maximum atomic E-state index is 13.3. The highest BCUT2D eigenvalue weighted by Gasteiger charge is 2.60. The van der Waals surface area contributed by atoms with Crippen LogP contribution < -0.4 is 11.1 Å². The lowest BCUT2D eigenvalue weighted by atomic mass is 9.47. The molecule has 122 valence electrons. The Balaban J connectivity index is 1.62. The predicted octanol–water partition coefficient (Wildman–Crippen LogP) is 2.24. The van der Waals surface area contributed by atoms with Crippen LogP contribution in [0.3, 0.4) is 0 Å². The average molecular weight is 316 g/mol. The lowest BCUT2D eigenvalue weighted by Crippen LogP contribution is -2.66. The van der Waals surface area contributed by atoms with Gasteiger partial charge >= 0.3 is 0 Å². The van der Waals surface area contributed by atoms with Gasteiger partial charge in [0.15, 0.2) is 0 Å². The van der Waals surface area contributed by atoms with Gasteiger partial charge in [0.05, 0.1) is 5.41 Å². The molecule has 1 aromatic rings. The fraction of sp³-hybridized carbons (Fsp3) is 0.556. The molecule has 3 atom stereocenters. The van der Waals surface area contributed by atoms with E-state index in [2.05, 4.69) is 5.32 Å². The normalized spacial score (nSPS) is 37.6. The molecule has 0 aliphatic heterocycles. The number of nitrogens with one attached hydrogen (secondary N) is 1. The number of amides is 2. The van der Waals surface area contributed by atoms with E-state index in [9.17, 15) is 14.0 Å². The minimum Gasteiger partial charge on any atom is -0.369 e. The lowest BCUT2D eigenvalue weighted by molar-refractivity contribution is -0.148. The summed E-state index contributed by atoms with van der Waals surface area (Å²) in [5, 5.41) is 3.02. The van der Waals surface area contributed by atoms with Crippen LogP contribution in [0.15, 0.2) is 24.3 Å². The Bertz CT molecular complexity index is 661. The third-order valence-corrected chi connectivity index (χ3v) is 6.18. The van der Waals surface area contributed by atoms with Crippen LogP contribution in [0, 0.1) is 29.0 Å². The van der Waals surface area contributed by atoms with E-state index in [1.165, 1.54) is 24.6 Å². The van der Waals surface area contributed by atoms with E-state index >= 15 is 0 Å². The van der Waals surface area contributed by atoms with E-state index < -0.39 is 11.2 Å². The summed E-state index contributed by atoms with van der Waals surface area (Å²) in [6, 6.07) is 5.42. The van der Waals surface area contributed by atoms with E-state index in [0.29, 0.717) is 23.3 Å². The topological polar surface area (TPSA) is 72.2 Å². The van der Waals surface area contributed by atoms with Crippen molar-refractivity contribution < 1.29 is 14.0 Å². The molecule has 0 heterocycles. The number of hydrogen-bond donors (Lipinski definition) is 2. The zero-order chi connectivity index (χ0) is 16.2. The number of carbonyl (C=O) groups is 2. The Labute approximate surface area is 134 Å². The Morgan fingerprint density at radius 2 is 1.87 bits per heavy atom. The van der Waals surface area contributed by atoms with E-state index in [4.69, 9.17) is 5.73 Å². The minimum absolute atomic E-state index is 0.219. The van der Waals surface area contributed by atoms with Crippen molar-refractivity contribution in [2.45, 2.75) is 38.1 Å². The first-order valence-corrected chi connectivity index (χ1v) is 8.34. The summed E-state index contributed by atoms with van der Waals surface area (Å²) in [7, 11) is 0. The number of primary amides is 1. The number of nitrogens with two attached hydrogens (primary N) is 1. The third kappa shape index (κ3) is 2.25. The predicted molar refractivity (Wildman–Crippen MR) is 82.8 cm³/mol. The molecule has 23 heavy (non-hydrogen) atoms. The van der Waals surface area contributed by atoms with Gasteiger partial charge < -0.3 is 11.1 Å². The van der Waals surface area contributed by atoms with Gasteiger partial charge in [0.1, 0.15) is 5.82 Å². The zero-order valence-corrected chi connectivity index (χ0v) is 12.9. The first-order valence-electron chi connectivity index (χ1n) is 8.34. The molecule has 4 nitrogen and oxygen atoms in total. The number of carbonyl (C=O) groups excluding carboxylic acids is 2. The Hall–Kier alpha value is -1.91. The number of rotatable bonds is 3. The molecule has 4 aliphatic rings. The van der Waals surface area contributed by atoms with Gasteiger partial charge in [-0.3, -0.25) is 9.59 Å². The van der Waals surface area contributed by atoms with Crippen molar-refractivity contribution in [1.29, 1.82) is 0 Å². The highest BCUT2D eigenvalue weighted by molar-refractivity contribution is 5.95. The van der Waals surface area contributed by atoms with Gasteiger partial charge in [-0.25, -0.2) is 4.39 Å². The quantitative estimate of drug-likeness (QED) is 0.897. The van der Waals surface area contributed by atoms with Crippen molar-refractivity contribution in [3.63, 3.8) is 0 Å². The fourth-order valence-corrected chi connectivity index (χ4v) is 5.51. The molecule has 1 aromatic carbocycles. The molecular weight excluding hydrogens is 295 g/mol. The second kappa shape index (κ2) is 5.05. The minimum atomic E-state index is -0.613. The van der Waals surface area contributed by atoms with Gasteiger partial charge in [-0.1, -0.05) is 6.07 Å². The van der Waals surface area contributed by atoms with Crippen molar-refractivity contribution in [3.05, 3.63) is 35.6 Å². The zero-order valence-electron chi connectivity index (χ0n) is 12.9. The van der Waals surface area contributed by atoms with Crippen LogP contribution in [0.4, 0.5) is 4.39 Å². The molecular formula is C18H21FN2O2. The van der Waals surface area contributed by atoms with Crippen molar-refractivity contribution in [3.8, 4) is 0 Å². The van der Waals surface area contributed by atoms with Crippen molar-refractivity contribution in [2.24, 2.45) is 28.9 Å². The smallest absolute Gasteiger partial charge is 0.251 e. The molecule has 4 fully saturated rings. The van der Waals surface area contributed by atoms with Crippen molar-refractivity contribution in [2.75, 3.05) is 0 Å². The maximum Gasteiger partial charge on any atom is 0.251 e. The molecule has 4 aliphatic carbocycles. The van der Waals surface area contributed by atoms with Gasteiger partial charge in [-0.15, -0.1) is 0 Å². The van der Waals surface area contributed by atoms with Gasteiger partial charge in [0, 0.05) is 11.6 Å². The fourth-order valence-electron chi connectivity index (χ4n) is 5.51. The van der Waals surface area contributed by atoms with Crippen LogP contribution in [0.2, 0.25) is 0 Å². The number of hydrogen-bond acceptors (Lipinski definition) is 2. The molecule has 0 spiro atoms. The summed E-state index contributed by atoms with van der Waals surface area (Å²) in [5.41, 5.74) is 5.45. The number of halogens is 1. The first kappa shape index (κ1) is 14.7. The van der Waals surface area contributed by atoms with Crippen LogP contribution in [-0.4, -0.2) is 17.9 Å². The van der Waals surface area contributed by atoms with E-state index in [0.717, 1.165) is 25.7 Å². The van der Waals surface area contributed by atoms with Gasteiger partial charge in [0.25, 0.3) is 5.91 Å². The average Bonchev–Trinajstić information content (AvgIpc) is 2.50. The SMILES string of the molecule is NC(=O)C12CC3CC(CC(C3)C1NC(=O)c1cccc(F)c1)C2. The van der Waals surface area contributed by atoms with Crippen molar-refractivity contribution >= 4 is 11.8 Å². The van der Waals surface area contributed by atoms with Crippen LogP contribution in [0.5, 0.6) is 0 Å². The largest absolute Gasteiger partial charge is 0.369 e. The maximum absolute atomic E-state index is 13.3. The molecule has 5 rings (SSSR count). The molecule has 0 radical (unpaired) electrons. The second-order valence-corrected chi connectivity index (χ2v) is 7.59. The lowest BCUT2D eigenvalue weighted by Gasteiger charge is -2.59. The molecule has 5 heteroatoms. The number of benzene rings is 1. The standard InChI is InChI=1S/C18H21FN2O2/c19-14-3-1-2-12(7-14)16(22)21-15-13-5-10-4-11(6-13)9-18(15,8-10)17(20)23/h1-3,7,10-11,13,15H,4-6,8-9H2,(H2,20,23)(H,21,22). The first-order chi connectivity index (χ1) is 11.0. The van der Waals surface area contributed by atoms with Crippen LogP contribution in [-0.2, 0) is 4.79 Å². The Morgan fingerprint density at radius 1 is 1.17 bits per heavy atom. The summed E-state index contributed by atoms with van der Waals surface area (Å²) >= 11 is 0. The van der Waals surface area contributed by atoms with Crippen molar-refractivity contribution in [1.82, 2.24) is 5.32 Å². The summed E-state index contributed by atoms with van der Waals surface area (Å²) in [5.74, 6) is 0.381. The summed E-state index contributed by atoms with van der Waals surface area (Å²) in [4.78, 5) is 24.8. The Kier molecular flexibility index (Phi) is 3.22. The molecule has 3 N–H and O–H groups in total. The summed E-state index contributed by atoms with van der Waals surface area (Å²) < 4.78 is 13.3. The highest BCUT2D eigenvalue weighted by Crippen LogP contribution is 2.59. The molecule has 0 aromatic heterocycles. The highest BCUT2D eigenvalue weighted by atomic mass is 19.1. The van der Waals surface area contributed by atoms with Crippen LogP contribution in [0.25, 0.3) is 0 Å². The van der Waals surface area contributed by atoms with Gasteiger partial charge in [-0.2, -0.15) is 0 Å². The molecule has 4 saturated carbocycles. The molecule has 2 amide bonds. The van der Waals surface area contributed by atoms with E-state index in [-0.39, 0.29) is 17.9 Å². The third-order valence-electron chi connectivity index (χ3n) is 6.18. The van der Waals surface area contributed by atoms with Crippen LogP contribution >= 0.6 is 0 Å². The van der Waals surface area contributed by atoms with Gasteiger partial charge in [-0.05, 0) is 68.1 Å². The monoisotopic (exact) mass is 316 g/mol. The summed E-state index contributed by atoms with van der Waals surface area (Å²) in [6.07, 6.45) is 4.86. The second-order valence-electron chi connectivity index (χ2n) is 7.59. The summed E-state index contributed by atoms with van der Waals surface area (Å²) in [6.45, 7) is 0. The van der Waals surface area contributed by atoms with Gasteiger partial charge in [0.2, 0.25) is 5.91 Å². The Morgan fingerprint density at radius 3 is 2.48 bits per heavy atom. The van der Waals surface area contributed by atoms with Crippen LogP contribution in [0.1, 0.15) is 42.5 Å². The molecule has 3 unspecified atom stereocenters. The van der Waals surface area contributed by atoms with E-state index in [1.807, 2.05) is 0 Å². The molecule has 4 bridgehead atoms. The molecule has 0 saturated heterocycles. The van der Waals surface area contributed by atoms with E-state index in [1.54, 1.807) is 6.07 Å².